The highest BCUT2D eigenvalue weighted by atomic mass is 16.4. The molecular weight excluding hydrogens is 274 g/mol. The summed E-state index contributed by atoms with van der Waals surface area (Å²) in [5.74, 6) is -0.758. The Kier molecular flexibility index (Phi) is 6.16. The Morgan fingerprint density at radius 2 is 1.64 bits per heavy atom. The molecule has 1 unspecified atom stereocenters. The molecule has 116 valence electrons. The quantitative estimate of drug-likeness (QED) is 0.779. The van der Waals surface area contributed by atoms with Gasteiger partial charge in [0.2, 0.25) is 0 Å². The van der Waals surface area contributed by atoms with E-state index in [0.717, 1.165) is 12.8 Å². The summed E-state index contributed by atoms with van der Waals surface area (Å²) in [6.07, 6.45) is 1.84. The number of carbonyl (C=O) groups is 1. The summed E-state index contributed by atoms with van der Waals surface area (Å²) in [5, 5.41) is 12.6. The average Bonchev–Trinajstić information content (AvgIpc) is 2.54. The van der Waals surface area contributed by atoms with Gasteiger partial charge in [0.15, 0.2) is 0 Å². The van der Waals surface area contributed by atoms with Gasteiger partial charge in [-0.05, 0) is 30.9 Å². The first kappa shape index (κ1) is 16.2. The van der Waals surface area contributed by atoms with Crippen molar-refractivity contribution in [3.8, 4) is 0 Å². The second kappa shape index (κ2) is 8.35. The number of aliphatic carboxylic acids is 1. The van der Waals surface area contributed by atoms with Crippen molar-refractivity contribution in [1.29, 1.82) is 0 Å². The lowest BCUT2D eigenvalue weighted by molar-refractivity contribution is -0.137. The predicted octanol–water partition coefficient (Wildman–Crippen LogP) is 3.81. The molecule has 0 aliphatic carbocycles. The van der Waals surface area contributed by atoms with Crippen LogP contribution in [0.4, 0.5) is 0 Å². The Balaban J connectivity index is 1.95. The van der Waals surface area contributed by atoms with E-state index >= 15 is 0 Å². The van der Waals surface area contributed by atoms with Crippen LogP contribution in [0.15, 0.2) is 60.7 Å². The molecule has 2 aromatic carbocycles. The molecule has 0 aromatic heterocycles. The molecule has 0 aliphatic heterocycles. The highest BCUT2D eigenvalue weighted by Gasteiger charge is 2.16. The summed E-state index contributed by atoms with van der Waals surface area (Å²) in [4.78, 5) is 11.1. The largest absolute Gasteiger partial charge is 0.481 e. The molecular formula is C19H23NO2. The van der Waals surface area contributed by atoms with E-state index in [0.29, 0.717) is 0 Å². The number of benzene rings is 2. The number of rotatable bonds is 8. The monoisotopic (exact) mass is 297 g/mol. The lowest BCUT2D eigenvalue weighted by atomic mass is 10.0. The lowest BCUT2D eigenvalue weighted by Gasteiger charge is -2.22. The maximum atomic E-state index is 11.1. The van der Waals surface area contributed by atoms with Gasteiger partial charge in [0, 0.05) is 12.1 Å². The first-order chi connectivity index (χ1) is 10.6. The topological polar surface area (TPSA) is 49.3 Å². The van der Waals surface area contributed by atoms with Crippen molar-refractivity contribution in [2.45, 2.75) is 38.3 Å². The van der Waals surface area contributed by atoms with Gasteiger partial charge >= 0.3 is 5.97 Å². The number of hydrogen-bond acceptors (Lipinski definition) is 2. The Bertz CT molecular complexity index is 569. The second-order valence-electron chi connectivity index (χ2n) is 5.62. The number of hydrogen-bond donors (Lipinski definition) is 2. The van der Waals surface area contributed by atoms with Crippen molar-refractivity contribution < 1.29 is 9.90 Å². The summed E-state index contributed by atoms with van der Waals surface area (Å²) in [6.45, 7) is 2.08. The zero-order valence-corrected chi connectivity index (χ0v) is 12.9. The minimum Gasteiger partial charge on any atom is -0.481 e. The van der Waals surface area contributed by atoms with Gasteiger partial charge in [-0.1, -0.05) is 60.7 Å². The predicted molar refractivity (Wildman–Crippen MR) is 88.8 cm³/mol. The Morgan fingerprint density at radius 3 is 2.23 bits per heavy atom. The Hall–Kier alpha value is -2.13. The molecule has 0 bridgehead atoms. The van der Waals surface area contributed by atoms with Gasteiger partial charge in [-0.15, -0.1) is 0 Å². The van der Waals surface area contributed by atoms with Gasteiger partial charge in [-0.3, -0.25) is 4.79 Å². The summed E-state index contributed by atoms with van der Waals surface area (Å²) in [5.41, 5.74) is 2.42. The molecule has 2 atom stereocenters. The molecule has 0 fully saturated rings. The van der Waals surface area contributed by atoms with Crippen LogP contribution in [0.5, 0.6) is 0 Å². The molecule has 2 N–H and O–H groups in total. The minimum absolute atomic E-state index is 0.0343. The smallest absolute Gasteiger partial charge is 0.304 e. The molecule has 22 heavy (non-hydrogen) atoms. The number of carboxylic acid groups (broad SMARTS) is 1. The van der Waals surface area contributed by atoms with E-state index in [1.807, 2.05) is 36.4 Å². The maximum Gasteiger partial charge on any atom is 0.304 e. The normalized spacial score (nSPS) is 13.5. The van der Waals surface area contributed by atoms with Crippen LogP contribution in [0.2, 0.25) is 0 Å². The van der Waals surface area contributed by atoms with Gasteiger partial charge in [-0.2, -0.15) is 0 Å². The standard InChI is InChI=1S/C19H23NO2/c1-15(17-10-6-3-7-11-17)20-18(14-19(21)22)13-12-16-8-4-2-5-9-16/h2-11,15,18,20H,12-14H2,1H3,(H,21,22)/t15?,18-/m0/s1. The zero-order chi connectivity index (χ0) is 15.8. The molecule has 0 radical (unpaired) electrons. The van der Waals surface area contributed by atoms with Gasteiger partial charge in [0.1, 0.15) is 0 Å². The van der Waals surface area contributed by atoms with Gasteiger partial charge in [0.05, 0.1) is 6.42 Å². The highest BCUT2D eigenvalue weighted by Crippen LogP contribution is 2.15. The van der Waals surface area contributed by atoms with E-state index in [1.165, 1.54) is 11.1 Å². The van der Waals surface area contributed by atoms with Crippen molar-refractivity contribution in [1.82, 2.24) is 5.32 Å². The third-order valence-electron chi connectivity index (χ3n) is 3.83. The first-order valence-electron chi connectivity index (χ1n) is 7.72. The lowest BCUT2D eigenvalue weighted by Crippen LogP contribution is -2.34. The van der Waals surface area contributed by atoms with Crippen molar-refractivity contribution >= 4 is 5.97 Å². The summed E-state index contributed by atoms with van der Waals surface area (Å²) in [7, 11) is 0. The summed E-state index contributed by atoms with van der Waals surface area (Å²) < 4.78 is 0. The van der Waals surface area contributed by atoms with E-state index in [2.05, 4.69) is 36.5 Å². The molecule has 3 heteroatoms. The Labute approximate surface area is 132 Å². The van der Waals surface area contributed by atoms with Crippen LogP contribution in [0.25, 0.3) is 0 Å². The van der Waals surface area contributed by atoms with E-state index < -0.39 is 5.97 Å². The molecule has 0 amide bonds. The number of carboxylic acids is 1. The van der Waals surface area contributed by atoms with Gasteiger partial charge < -0.3 is 10.4 Å². The number of nitrogens with one attached hydrogen (secondary N) is 1. The maximum absolute atomic E-state index is 11.1. The summed E-state index contributed by atoms with van der Waals surface area (Å²) >= 11 is 0. The fourth-order valence-electron chi connectivity index (χ4n) is 2.63. The molecule has 2 aromatic rings. The van der Waals surface area contributed by atoms with Crippen LogP contribution in [-0.2, 0) is 11.2 Å². The van der Waals surface area contributed by atoms with Crippen molar-refractivity contribution in [2.75, 3.05) is 0 Å². The van der Waals surface area contributed by atoms with E-state index in [4.69, 9.17) is 5.11 Å². The zero-order valence-electron chi connectivity index (χ0n) is 12.9. The molecule has 0 aliphatic rings. The highest BCUT2D eigenvalue weighted by molar-refractivity contribution is 5.67. The molecule has 0 heterocycles. The average molecular weight is 297 g/mol. The minimum atomic E-state index is -0.758. The third-order valence-corrected chi connectivity index (χ3v) is 3.83. The first-order valence-corrected chi connectivity index (χ1v) is 7.72. The fraction of sp³-hybridized carbons (Fsp3) is 0.316. The van der Waals surface area contributed by atoms with Crippen LogP contribution < -0.4 is 5.32 Å². The third kappa shape index (κ3) is 5.34. The second-order valence-corrected chi connectivity index (χ2v) is 5.62. The van der Waals surface area contributed by atoms with E-state index in [1.54, 1.807) is 0 Å². The number of aryl methyl sites for hydroxylation is 1. The van der Waals surface area contributed by atoms with Crippen LogP contribution in [0.3, 0.4) is 0 Å². The van der Waals surface area contributed by atoms with Crippen molar-refractivity contribution in [3.05, 3.63) is 71.8 Å². The van der Waals surface area contributed by atoms with E-state index in [-0.39, 0.29) is 18.5 Å². The fourth-order valence-corrected chi connectivity index (χ4v) is 2.63. The van der Waals surface area contributed by atoms with Gasteiger partial charge in [0.25, 0.3) is 0 Å². The van der Waals surface area contributed by atoms with Gasteiger partial charge in [-0.25, -0.2) is 0 Å². The van der Waals surface area contributed by atoms with E-state index in [9.17, 15) is 4.79 Å². The van der Waals surface area contributed by atoms with Crippen molar-refractivity contribution in [3.63, 3.8) is 0 Å². The van der Waals surface area contributed by atoms with Crippen LogP contribution in [0, 0.1) is 0 Å². The van der Waals surface area contributed by atoms with Crippen LogP contribution in [-0.4, -0.2) is 17.1 Å². The molecule has 3 nitrogen and oxygen atoms in total. The molecule has 0 saturated heterocycles. The molecule has 2 rings (SSSR count). The molecule has 0 saturated carbocycles. The SMILES string of the molecule is CC(N[C@@H](CCc1ccccc1)CC(=O)O)c1ccccc1. The van der Waals surface area contributed by atoms with Crippen molar-refractivity contribution in [2.24, 2.45) is 0 Å². The Morgan fingerprint density at radius 1 is 1.05 bits per heavy atom. The summed E-state index contributed by atoms with van der Waals surface area (Å²) in [6, 6.07) is 20.4. The molecule has 0 spiro atoms. The van der Waals surface area contributed by atoms with Crippen LogP contribution >= 0.6 is 0 Å². The van der Waals surface area contributed by atoms with Crippen LogP contribution in [0.1, 0.15) is 36.9 Å².